The molecule has 0 bridgehead atoms. The number of aromatic nitrogens is 4. The Balaban J connectivity index is 1.93. The molecule has 1 fully saturated rings. The van der Waals surface area contributed by atoms with Gasteiger partial charge in [0.25, 0.3) is 11.5 Å². The Morgan fingerprint density at radius 1 is 1.25 bits per heavy atom. The first-order valence-corrected chi connectivity index (χ1v) is 9.49. The fourth-order valence-electron chi connectivity index (χ4n) is 3.05. The van der Waals surface area contributed by atoms with Crippen LogP contribution in [-0.2, 0) is 27.9 Å². The summed E-state index contributed by atoms with van der Waals surface area (Å²) in [7, 11) is 1.33. The quantitative estimate of drug-likeness (QED) is 0.462. The van der Waals surface area contributed by atoms with Gasteiger partial charge in [-0.15, -0.1) is 5.92 Å². The molecular weight excluding hydrogens is 435 g/mol. The molecule has 1 aliphatic heterocycles. The zero-order valence-electron chi connectivity index (χ0n) is 17.2. The highest BCUT2D eigenvalue weighted by Crippen LogP contribution is 2.21. The van der Waals surface area contributed by atoms with Crippen molar-refractivity contribution in [2.75, 3.05) is 43.0 Å². The minimum atomic E-state index is -5.22. The predicted octanol–water partition coefficient (Wildman–Crippen LogP) is -0.393. The monoisotopic (exact) mass is 455 g/mol. The number of esters is 1. The third-order valence-corrected chi connectivity index (χ3v) is 4.60. The summed E-state index contributed by atoms with van der Waals surface area (Å²) >= 11 is 0. The second kappa shape index (κ2) is 9.27. The van der Waals surface area contributed by atoms with E-state index in [-0.39, 0.29) is 23.7 Å². The first kappa shape index (κ1) is 23.1. The topological polar surface area (TPSA) is 123 Å². The number of rotatable bonds is 5. The van der Waals surface area contributed by atoms with Crippen LogP contribution >= 0.6 is 0 Å². The number of hydrogen-bond donors (Lipinski definition) is 2. The lowest BCUT2D eigenvalue weighted by Gasteiger charge is -2.28. The molecule has 172 valence electrons. The van der Waals surface area contributed by atoms with Crippen molar-refractivity contribution in [3.05, 3.63) is 10.4 Å². The van der Waals surface area contributed by atoms with Gasteiger partial charge in [-0.3, -0.25) is 24.0 Å². The van der Waals surface area contributed by atoms with Crippen LogP contribution in [0.2, 0.25) is 0 Å². The van der Waals surface area contributed by atoms with Crippen molar-refractivity contribution in [2.24, 2.45) is 7.05 Å². The first-order chi connectivity index (χ1) is 15.1. The van der Waals surface area contributed by atoms with E-state index in [1.165, 1.54) is 7.05 Å². The van der Waals surface area contributed by atoms with Crippen LogP contribution in [-0.4, -0.2) is 69.9 Å². The van der Waals surface area contributed by atoms with Crippen molar-refractivity contribution >= 4 is 34.9 Å². The number of fused-ring (bicyclic) bond motifs is 1. The maximum Gasteiger partial charge on any atom is 0.490 e. The van der Waals surface area contributed by atoms with Gasteiger partial charge in [-0.25, -0.2) is 4.79 Å². The number of carbonyl (C=O) groups is 2. The molecule has 0 radical (unpaired) electrons. The molecule has 0 unspecified atom stereocenters. The van der Waals surface area contributed by atoms with Crippen LogP contribution < -0.4 is 21.1 Å². The van der Waals surface area contributed by atoms with E-state index in [4.69, 9.17) is 0 Å². The molecule has 2 N–H and O–H groups in total. The number of halogens is 3. The van der Waals surface area contributed by atoms with Crippen LogP contribution in [0.15, 0.2) is 4.79 Å². The van der Waals surface area contributed by atoms with E-state index in [0.717, 1.165) is 17.7 Å². The van der Waals surface area contributed by atoms with Crippen molar-refractivity contribution in [1.29, 1.82) is 0 Å². The van der Waals surface area contributed by atoms with Gasteiger partial charge < -0.3 is 15.0 Å². The maximum absolute atomic E-state index is 13.0. The van der Waals surface area contributed by atoms with Crippen molar-refractivity contribution in [3.63, 3.8) is 0 Å². The molecule has 0 aromatic carbocycles. The second-order valence-electron chi connectivity index (χ2n) is 6.76. The lowest BCUT2D eigenvalue weighted by atomic mass is 10.4. The van der Waals surface area contributed by atoms with Gasteiger partial charge in [0.15, 0.2) is 17.8 Å². The molecule has 1 aliphatic rings. The average molecular weight is 455 g/mol. The number of hydrogen-bond acceptors (Lipinski definition) is 8. The Bertz CT molecular complexity index is 1150. The molecule has 2 aromatic rings. The summed E-state index contributed by atoms with van der Waals surface area (Å²) in [6, 6.07) is 0. The third-order valence-electron chi connectivity index (χ3n) is 4.60. The minimum absolute atomic E-state index is 0.0436. The standard InChI is InChI=1S/C18H20F3N7O4/c1-3-4-7-28-12-13(25-17(28)27-8-5-22-6-9-27)24-16(26(2)14(12)30)23-11(29)10-32-15(31)18(19,20)21/h22H,5-10H2,1-2H3,(H,23,24,29). The molecule has 0 atom stereocenters. The number of ether oxygens (including phenoxy) is 1. The first-order valence-electron chi connectivity index (χ1n) is 9.49. The summed E-state index contributed by atoms with van der Waals surface area (Å²) in [6.45, 7) is 3.42. The summed E-state index contributed by atoms with van der Waals surface area (Å²) in [6.07, 6.45) is -5.22. The number of imidazole rings is 1. The Labute approximate surface area is 179 Å². The SMILES string of the molecule is CC#CCn1c(N2CCNCC2)nc2nc(NC(=O)COC(=O)C(F)(F)F)n(C)c(=O)c21. The zero-order valence-corrected chi connectivity index (χ0v) is 17.2. The molecule has 11 nitrogen and oxygen atoms in total. The number of nitrogens with one attached hydrogen (secondary N) is 2. The van der Waals surface area contributed by atoms with Crippen LogP contribution in [0.1, 0.15) is 6.92 Å². The number of nitrogens with zero attached hydrogens (tertiary/aromatic N) is 5. The smallest absolute Gasteiger partial charge is 0.449 e. The van der Waals surface area contributed by atoms with Gasteiger partial charge in [-0.2, -0.15) is 23.1 Å². The fraction of sp³-hybridized carbons (Fsp3) is 0.500. The lowest BCUT2D eigenvalue weighted by molar-refractivity contribution is -0.199. The van der Waals surface area contributed by atoms with Gasteiger partial charge >= 0.3 is 12.1 Å². The summed E-state index contributed by atoms with van der Waals surface area (Å²) in [5.41, 5.74) is -0.322. The van der Waals surface area contributed by atoms with E-state index in [2.05, 4.69) is 37.2 Å². The Morgan fingerprint density at radius 3 is 2.56 bits per heavy atom. The van der Waals surface area contributed by atoms with Gasteiger partial charge in [-0.1, -0.05) is 5.92 Å². The van der Waals surface area contributed by atoms with Crippen molar-refractivity contribution in [3.8, 4) is 11.8 Å². The summed E-state index contributed by atoms with van der Waals surface area (Å²) < 4.78 is 43.2. The molecule has 32 heavy (non-hydrogen) atoms. The van der Waals surface area contributed by atoms with Gasteiger partial charge in [-0.05, 0) is 6.92 Å². The predicted molar refractivity (Wildman–Crippen MR) is 107 cm³/mol. The van der Waals surface area contributed by atoms with Gasteiger partial charge in [0.1, 0.15) is 0 Å². The number of alkyl halides is 3. The molecule has 0 spiro atoms. The molecule has 3 rings (SSSR count). The molecular formula is C18H20F3N7O4. The minimum Gasteiger partial charge on any atom is -0.449 e. The van der Waals surface area contributed by atoms with Gasteiger partial charge in [0, 0.05) is 33.2 Å². The van der Waals surface area contributed by atoms with Crippen LogP contribution in [0.5, 0.6) is 0 Å². The van der Waals surface area contributed by atoms with Gasteiger partial charge in [0.2, 0.25) is 11.9 Å². The molecule has 1 saturated heterocycles. The highest BCUT2D eigenvalue weighted by atomic mass is 19.4. The summed E-state index contributed by atoms with van der Waals surface area (Å²) in [5.74, 6) is 2.32. The second-order valence-corrected chi connectivity index (χ2v) is 6.76. The molecule has 14 heteroatoms. The van der Waals surface area contributed by atoms with Gasteiger partial charge in [0.05, 0.1) is 6.54 Å². The number of piperazine rings is 1. The van der Waals surface area contributed by atoms with Crippen LogP contribution in [0, 0.1) is 11.8 Å². The van der Waals surface area contributed by atoms with Crippen molar-refractivity contribution in [2.45, 2.75) is 19.6 Å². The summed E-state index contributed by atoms with van der Waals surface area (Å²) in [4.78, 5) is 46.3. The zero-order chi connectivity index (χ0) is 23.5. The highest BCUT2D eigenvalue weighted by molar-refractivity contribution is 5.92. The van der Waals surface area contributed by atoms with Crippen molar-refractivity contribution in [1.82, 2.24) is 24.4 Å². The Hall–Kier alpha value is -3.60. The normalized spacial score (nSPS) is 14.1. The average Bonchev–Trinajstić information content (AvgIpc) is 3.12. The van der Waals surface area contributed by atoms with Crippen LogP contribution in [0.25, 0.3) is 11.2 Å². The fourth-order valence-corrected chi connectivity index (χ4v) is 3.05. The highest BCUT2D eigenvalue weighted by Gasteiger charge is 2.41. The largest absolute Gasteiger partial charge is 0.490 e. The number of anilines is 2. The van der Waals surface area contributed by atoms with E-state index in [1.807, 2.05) is 4.90 Å². The number of carbonyl (C=O) groups excluding carboxylic acids is 2. The van der Waals surface area contributed by atoms with Crippen LogP contribution in [0.4, 0.5) is 25.1 Å². The van der Waals surface area contributed by atoms with E-state index >= 15 is 0 Å². The molecule has 2 aromatic heterocycles. The lowest BCUT2D eigenvalue weighted by Crippen LogP contribution is -2.44. The molecule has 0 saturated carbocycles. The van der Waals surface area contributed by atoms with E-state index in [0.29, 0.717) is 19.0 Å². The number of amides is 1. The van der Waals surface area contributed by atoms with Crippen LogP contribution in [0.3, 0.4) is 0 Å². The molecule has 3 heterocycles. The van der Waals surface area contributed by atoms with Crippen molar-refractivity contribution < 1.29 is 27.5 Å². The van der Waals surface area contributed by atoms with E-state index < -0.39 is 30.2 Å². The molecule has 0 aliphatic carbocycles. The van der Waals surface area contributed by atoms with E-state index in [1.54, 1.807) is 11.5 Å². The molecule has 1 amide bonds. The summed E-state index contributed by atoms with van der Waals surface area (Å²) in [5, 5.41) is 5.39. The Kier molecular flexibility index (Phi) is 6.68. The Morgan fingerprint density at radius 2 is 1.94 bits per heavy atom. The third kappa shape index (κ3) is 4.83. The van der Waals surface area contributed by atoms with E-state index in [9.17, 15) is 27.6 Å². The maximum atomic E-state index is 13.0.